The molecule has 0 aromatic carbocycles. The average Bonchev–Trinajstić information content (AvgIpc) is 3.12. The molecular weight excluding hydrogens is 214 g/mol. The van der Waals surface area contributed by atoms with Gasteiger partial charge < -0.3 is 10.7 Å². The summed E-state index contributed by atoms with van der Waals surface area (Å²) in [5.41, 5.74) is 2.59. The average molecular weight is 235 g/mol. The van der Waals surface area contributed by atoms with Crippen LogP contribution in [0.1, 0.15) is 45.4 Å². The molecular formula is C12H21N5. The molecule has 1 unspecified atom stereocenters. The second kappa shape index (κ2) is 4.87. The van der Waals surface area contributed by atoms with Gasteiger partial charge in [-0.05, 0) is 25.7 Å². The van der Waals surface area contributed by atoms with Crippen LogP contribution in [0, 0.1) is 5.92 Å². The maximum absolute atomic E-state index is 5.42. The van der Waals surface area contributed by atoms with E-state index in [4.69, 9.17) is 5.84 Å². The van der Waals surface area contributed by atoms with Crippen molar-refractivity contribution in [2.24, 2.45) is 11.8 Å². The molecule has 94 valence electrons. The maximum atomic E-state index is 5.42. The molecule has 0 saturated heterocycles. The van der Waals surface area contributed by atoms with Crippen LogP contribution in [0.25, 0.3) is 0 Å². The molecule has 1 saturated carbocycles. The Bertz CT molecular complexity index is 386. The first-order valence-corrected chi connectivity index (χ1v) is 6.22. The van der Waals surface area contributed by atoms with Gasteiger partial charge in [0, 0.05) is 18.0 Å². The monoisotopic (exact) mass is 235 g/mol. The lowest BCUT2D eigenvalue weighted by atomic mass is 10.2. The topological polar surface area (TPSA) is 75.9 Å². The van der Waals surface area contributed by atoms with E-state index in [9.17, 15) is 0 Å². The number of anilines is 2. The van der Waals surface area contributed by atoms with Crippen LogP contribution in [-0.4, -0.2) is 16.0 Å². The van der Waals surface area contributed by atoms with Crippen molar-refractivity contribution < 1.29 is 0 Å². The molecule has 0 amide bonds. The Morgan fingerprint density at radius 2 is 1.88 bits per heavy atom. The van der Waals surface area contributed by atoms with Crippen molar-refractivity contribution in [1.82, 2.24) is 9.97 Å². The quantitative estimate of drug-likeness (QED) is 0.538. The summed E-state index contributed by atoms with van der Waals surface area (Å²) < 4.78 is 0. The van der Waals surface area contributed by atoms with E-state index < -0.39 is 0 Å². The summed E-state index contributed by atoms with van der Waals surface area (Å²) in [6.45, 7) is 6.35. The fourth-order valence-electron chi connectivity index (χ4n) is 1.82. The SMILES string of the molecule is CC(C)c1nc(NN)cc(NC(C)C2CC2)n1. The largest absolute Gasteiger partial charge is 0.367 e. The summed E-state index contributed by atoms with van der Waals surface area (Å²) in [4.78, 5) is 8.85. The van der Waals surface area contributed by atoms with Gasteiger partial charge in [0.15, 0.2) is 0 Å². The second-order valence-electron chi connectivity index (χ2n) is 5.07. The van der Waals surface area contributed by atoms with Crippen LogP contribution in [-0.2, 0) is 0 Å². The van der Waals surface area contributed by atoms with Crippen LogP contribution in [0.2, 0.25) is 0 Å². The molecule has 2 rings (SSSR count). The summed E-state index contributed by atoms with van der Waals surface area (Å²) in [5.74, 6) is 8.84. The number of hydrogen-bond donors (Lipinski definition) is 3. The number of aromatic nitrogens is 2. The maximum Gasteiger partial charge on any atom is 0.145 e. The van der Waals surface area contributed by atoms with E-state index in [0.717, 1.165) is 17.6 Å². The summed E-state index contributed by atoms with van der Waals surface area (Å²) >= 11 is 0. The fourth-order valence-corrected chi connectivity index (χ4v) is 1.82. The van der Waals surface area contributed by atoms with E-state index in [1.165, 1.54) is 12.8 Å². The van der Waals surface area contributed by atoms with Gasteiger partial charge in [-0.25, -0.2) is 15.8 Å². The number of hydrogen-bond acceptors (Lipinski definition) is 5. The third-order valence-corrected chi connectivity index (χ3v) is 3.11. The number of nitrogens with zero attached hydrogens (tertiary/aromatic N) is 2. The molecule has 0 bridgehead atoms. The highest BCUT2D eigenvalue weighted by molar-refractivity contribution is 5.47. The van der Waals surface area contributed by atoms with Crippen molar-refractivity contribution in [2.75, 3.05) is 10.7 Å². The number of hydrazine groups is 1. The molecule has 1 aromatic heterocycles. The Kier molecular flexibility index (Phi) is 3.47. The number of nitrogen functional groups attached to an aromatic ring is 1. The highest BCUT2D eigenvalue weighted by Gasteiger charge is 2.28. The second-order valence-corrected chi connectivity index (χ2v) is 5.07. The minimum atomic E-state index is 0.292. The van der Waals surface area contributed by atoms with Crippen molar-refractivity contribution in [2.45, 2.75) is 45.6 Å². The molecule has 1 atom stereocenters. The summed E-state index contributed by atoms with van der Waals surface area (Å²) in [5, 5.41) is 3.43. The van der Waals surface area contributed by atoms with Gasteiger partial charge in [-0.3, -0.25) is 0 Å². The minimum absolute atomic E-state index is 0.292. The number of rotatable bonds is 5. The van der Waals surface area contributed by atoms with Gasteiger partial charge in [-0.2, -0.15) is 0 Å². The minimum Gasteiger partial charge on any atom is -0.367 e. The molecule has 1 aromatic rings. The van der Waals surface area contributed by atoms with Gasteiger partial charge in [0.25, 0.3) is 0 Å². The molecule has 1 heterocycles. The Hall–Kier alpha value is -1.36. The Morgan fingerprint density at radius 1 is 1.24 bits per heavy atom. The van der Waals surface area contributed by atoms with E-state index in [1.807, 2.05) is 6.07 Å². The van der Waals surface area contributed by atoms with E-state index in [1.54, 1.807) is 0 Å². The predicted octanol–water partition coefficient (Wildman–Crippen LogP) is 2.10. The molecule has 1 aliphatic carbocycles. The molecule has 0 radical (unpaired) electrons. The van der Waals surface area contributed by atoms with Gasteiger partial charge >= 0.3 is 0 Å². The summed E-state index contributed by atoms with van der Waals surface area (Å²) in [6.07, 6.45) is 2.64. The highest BCUT2D eigenvalue weighted by atomic mass is 15.3. The third kappa shape index (κ3) is 3.06. The molecule has 5 nitrogen and oxygen atoms in total. The zero-order valence-electron chi connectivity index (χ0n) is 10.7. The van der Waals surface area contributed by atoms with E-state index in [0.29, 0.717) is 17.8 Å². The number of nitrogens with one attached hydrogen (secondary N) is 2. The molecule has 17 heavy (non-hydrogen) atoms. The lowest BCUT2D eigenvalue weighted by molar-refractivity contribution is 0.686. The van der Waals surface area contributed by atoms with Crippen LogP contribution in [0.4, 0.5) is 11.6 Å². The first-order chi connectivity index (χ1) is 8.10. The Morgan fingerprint density at radius 3 is 2.41 bits per heavy atom. The standard InChI is InChI=1S/C12H21N5/c1-7(2)12-15-10(6-11(16-12)17-13)14-8(3)9-4-5-9/h6-9H,4-5,13H2,1-3H3,(H2,14,15,16,17). The summed E-state index contributed by atoms with van der Waals surface area (Å²) in [6, 6.07) is 2.32. The van der Waals surface area contributed by atoms with Gasteiger partial charge in [0.1, 0.15) is 17.5 Å². The van der Waals surface area contributed by atoms with E-state index in [-0.39, 0.29) is 0 Å². The molecule has 1 fully saturated rings. The van der Waals surface area contributed by atoms with E-state index in [2.05, 4.69) is 41.5 Å². The van der Waals surface area contributed by atoms with Crippen molar-refractivity contribution in [3.63, 3.8) is 0 Å². The van der Waals surface area contributed by atoms with Gasteiger partial charge in [-0.15, -0.1) is 0 Å². The Balaban J connectivity index is 2.16. The van der Waals surface area contributed by atoms with Gasteiger partial charge in [0.2, 0.25) is 0 Å². The first kappa shape index (κ1) is 12.1. The van der Waals surface area contributed by atoms with Crippen molar-refractivity contribution >= 4 is 11.6 Å². The zero-order chi connectivity index (χ0) is 12.4. The Labute approximate surface area is 102 Å². The van der Waals surface area contributed by atoms with Crippen molar-refractivity contribution in [3.05, 3.63) is 11.9 Å². The third-order valence-electron chi connectivity index (χ3n) is 3.11. The van der Waals surface area contributed by atoms with Crippen LogP contribution in [0.15, 0.2) is 6.07 Å². The smallest absolute Gasteiger partial charge is 0.145 e. The molecule has 4 N–H and O–H groups in total. The molecule has 0 spiro atoms. The van der Waals surface area contributed by atoms with Crippen molar-refractivity contribution in [1.29, 1.82) is 0 Å². The predicted molar refractivity (Wildman–Crippen MR) is 69.7 cm³/mol. The molecule has 0 aliphatic heterocycles. The fraction of sp³-hybridized carbons (Fsp3) is 0.667. The zero-order valence-corrected chi connectivity index (χ0v) is 10.7. The van der Waals surface area contributed by atoms with Crippen LogP contribution in [0.3, 0.4) is 0 Å². The summed E-state index contributed by atoms with van der Waals surface area (Å²) in [7, 11) is 0. The number of nitrogens with two attached hydrogens (primary N) is 1. The van der Waals surface area contributed by atoms with Crippen LogP contribution in [0.5, 0.6) is 0 Å². The van der Waals surface area contributed by atoms with Gasteiger partial charge in [-0.1, -0.05) is 13.8 Å². The van der Waals surface area contributed by atoms with Crippen LogP contribution < -0.4 is 16.6 Å². The lowest BCUT2D eigenvalue weighted by Crippen LogP contribution is -2.20. The molecule has 5 heteroatoms. The normalized spacial score (nSPS) is 17.0. The lowest BCUT2D eigenvalue weighted by Gasteiger charge is -2.15. The van der Waals surface area contributed by atoms with E-state index >= 15 is 0 Å². The van der Waals surface area contributed by atoms with Crippen LogP contribution >= 0.6 is 0 Å². The highest BCUT2D eigenvalue weighted by Crippen LogP contribution is 2.33. The first-order valence-electron chi connectivity index (χ1n) is 6.22. The van der Waals surface area contributed by atoms with Crippen molar-refractivity contribution in [3.8, 4) is 0 Å². The van der Waals surface area contributed by atoms with Gasteiger partial charge in [0.05, 0.1) is 0 Å². The molecule has 1 aliphatic rings.